The van der Waals surface area contributed by atoms with Gasteiger partial charge in [0.15, 0.2) is 5.82 Å². The molecule has 2 aliphatic rings. The molecule has 186 valence electrons. The van der Waals surface area contributed by atoms with Crippen LogP contribution < -0.4 is 20.4 Å². The third kappa shape index (κ3) is 5.04. The van der Waals surface area contributed by atoms with Crippen molar-refractivity contribution >= 4 is 35.3 Å². The lowest BCUT2D eigenvalue weighted by Gasteiger charge is -2.38. The molecule has 2 amide bonds. The number of aromatic nitrogens is 3. The maximum Gasteiger partial charge on any atom is 0.327 e. The van der Waals surface area contributed by atoms with E-state index < -0.39 is 5.82 Å². The van der Waals surface area contributed by atoms with E-state index in [9.17, 15) is 9.18 Å². The van der Waals surface area contributed by atoms with Crippen molar-refractivity contribution in [3.8, 4) is 0 Å². The summed E-state index contributed by atoms with van der Waals surface area (Å²) in [6.07, 6.45) is 5.83. The topological polar surface area (TPSA) is 115 Å². The Labute approximate surface area is 202 Å². The van der Waals surface area contributed by atoms with Crippen molar-refractivity contribution in [1.82, 2.24) is 19.7 Å². The Morgan fingerprint density at radius 3 is 2.86 bits per heavy atom. The smallest absolute Gasteiger partial charge is 0.327 e. The number of imidazole rings is 1. The third-order valence-corrected chi connectivity index (χ3v) is 6.35. The number of carbonyl (C=O) groups is 2. The van der Waals surface area contributed by atoms with Crippen LogP contribution in [-0.4, -0.2) is 64.2 Å². The van der Waals surface area contributed by atoms with E-state index in [0.29, 0.717) is 30.0 Å². The lowest BCUT2D eigenvalue weighted by molar-refractivity contribution is -0.122. The van der Waals surface area contributed by atoms with E-state index in [1.54, 1.807) is 27.9 Å². The summed E-state index contributed by atoms with van der Waals surface area (Å²) in [4.78, 5) is 34.2. The molecule has 0 radical (unpaired) electrons. The van der Waals surface area contributed by atoms with E-state index in [1.807, 2.05) is 13.0 Å². The number of fused-ring (bicyclic) bond motifs is 2. The highest BCUT2D eigenvalue weighted by Gasteiger charge is 2.31. The number of hydrogen-bond acceptors (Lipinski definition) is 6. The van der Waals surface area contributed by atoms with Crippen LogP contribution in [0.3, 0.4) is 0 Å². The van der Waals surface area contributed by atoms with Crippen molar-refractivity contribution in [3.63, 3.8) is 0 Å². The number of halogens is 1. The molecule has 35 heavy (non-hydrogen) atoms. The number of amides is 2. The zero-order valence-electron chi connectivity index (χ0n) is 20.0. The molecule has 1 atom stereocenters. The van der Waals surface area contributed by atoms with Gasteiger partial charge in [0.2, 0.25) is 0 Å². The summed E-state index contributed by atoms with van der Waals surface area (Å²) in [5.74, 6) is 0.680. The van der Waals surface area contributed by atoms with Crippen LogP contribution in [0.15, 0.2) is 30.7 Å². The summed E-state index contributed by atoms with van der Waals surface area (Å²) < 4.78 is 16.3. The summed E-state index contributed by atoms with van der Waals surface area (Å²) in [5, 5.41) is 13.2. The quantitative estimate of drug-likeness (QED) is 0.491. The predicted molar refractivity (Wildman–Crippen MR) is 132 cm³/mol. The molecule has 3 N–H and O–H groups in total. The van der Waals surface area contributed by atoms with Gasteiger partial charge in [-0.05, 0) is 25.3 Å². The number of nitrogens with one attached hydrogen (secondary N) is 2. The normalized spacial score (nSPS) is 17.2. The van der Waals surface area contributed by atoms with Crippen LogP contribution >= 0.6 is 0 Å². The van der Waals surface area contributed by atoms with Crippen LogP contribution in [0.1, 0.15) is 25.1 Å². The molecule has 0 spiro atoms. The largest absolute Gasteiger partial charge is 0.483 e. The van der Waals surface area contributed by atoms with Crippen molar-refractivity contribution in [2.75, 3.05) is 41.3 Å². The summed E-state index contributed by atoms with van der Waals surface area (Å²) in [7, 11) is 0. The highest BCUT2D eigenvalue weighted by Crippen LogP contribution is 2.35. The first kappa shape index (κ1) is 24.4. The molecule has 0 aromatic carbocycles. The van der Waals surface area contributed by atoms with Crippen LogP contribution in [0.4, 0.5) is 26.4 Å². The number of carbonyl (C=O) groups excluding carboxylic acids is 1. The Kier molecular flexibility index (Phi) is 7.15. The molecule has 0 saturated carbocycles. The molecule has 0 aliphatic carbocycles. The van der Waals surface area contributed by atoms with Gasteiger partial charge in [-0.3, -0.25) is 9.69 Å². The van der Waals surface area contributed by atoms with Crippen molar-refractivity contribution in [2.45, 2.75) is 33.2 Å². The summed E-state index contributed by atoms with van der Waals surface area (Å²) in [5.41, 5.74) is 3.62. The Bertz CT molecular complexity index is 1230. The van der Waals surface area contributed by atoms with Crippen molar-refractivity contribution in [2.24, 2.45) is 5.92 Å². The first-order valence-electron chi connectivity index (χ1n) is 11.6. The second kappa shape index (κ2) is 10.3. The molecule has 3 aromatic heterocycles. The minimum Gasteiger partial charge on any atom is -0.483 e. The fourth-order valence-electron chi connectivity index (χ4n) is 4.62. The van der Waals surface area contributed by atoms with Crippen LogP contribution in [0.25, 0.3) is 5.65 Å². The van der Waals surface area contributed by atoms with Gasteiger partial charge >= 0.3 is 6.03 Å². The Morgan fingerprint density at radius 2 is 2.11 bits per heavy atom. The van der Waals surface area contributed by atoms with Crippen molar-refractivity contribution in [3.05, 3.63) is 47.8 Å². The van der Waals surface area contributed by atoms with Crippen molar-refractivity contribution in [1.29, 1.82) is 0 Å². The molecular weight excluding hydrogens is 453 g/mol. The van der Waals surface area contributed by atoms with E-state index in [1.165, 1.54) is 6.07 Å². The highest BCUT2D eigenvalue weighted by molar-refractivity contribution is 6.03. The minimum atomic E-state index is -0.516. The van der Waals surface area contributed by atoms with Gasteiger partial charge in [0.1, 0.15) is 11.5 Å². The lowest BCUT2D eigenvalue weighted by atomic mass is 10.0. The minimum absolute atomic E-state index is 0.117. The Morgan fingerprint density at radius 1 is 1.34 bits per heavy atom. The first-order chi connectivity index (χ1) is 16.8. The first-order valence-corrected chi connectivity index (χ1v) is 11.6. The molecular formula is C24H30FN7O3. The summed E-state index contributed by atoms with van der Waals surface area (Å²) in [6, 6.07) is 3.41. The maximum atomic E-state index is 14.6. The Hall–Kier alpha value is -3.73. The molecule has 5 heterocycles. The monoisotopic (exact) mass is 483 g/mol. The van der Waals surface area contributed by atoms with Crippen LogP contribution in [-0.2, 0) is 11.2 Å². The van der Waals surface area contributed by atoms with Gasteiger partial charge < -0.3 is 25.0 Å². The van der Waals surface area contributed by atoms with Gasteiger partial charge in [0, 0.05) is 68.1 Å². The zero-order valence-corrected chi connectivity index (χ0v) is 20.0. The van der Waals surface area contributed by atoms with Gasteiger partial charge in [-0.15, -0.1) is 0 Å². The van der Waals surface area contributed by atoms with E-state index in [0.717, 1.165) is 43.0 Å². The molecule has 11 heteroatoms. The highest BCUT2D eigenvalue weighted by atomic mass is 19.1. The number of piperazine rings is 1. The van der Waals surface area contributed by atoms with Crippen LogP contribution in [0, 0.1) is 18.7 Å². The lowest BCUT2D eigenvalue weighted by Crippen LogP contribution is -2.53. The SMILES string of the molecule is Cc1cn2cc(NC(=O)N3CCc4c(N5CCN[C@H](C(C)C)C5)ccnc43)c(F)cc2n1.O=CO. The Balaban J connectivity index is 0.000000917. The third-order valence-electron chi connectivity index (χ3n) is 6.35. The van der Waals surface area contributed by atoms with E-state index in [4.69, 9.17) is 9.90 Å². The molecule has 2 aliphatic heterocycles. The van der Waals surface area contributed by atoms with Gasteiger partial charge in [-0.1, -0.05) is 13.8 Å². The molecule has 5 rings (SSSR count). The molecule has 0 unspecified atom stereocenters. The van der Waals surface area contributed by atoms with E-state index in [-0.39, 0.29) is 18.2 Å². The summed E-state index contributed by atoms with van der Waals surface area (Å²) >= 11 is 0. The van der Waals surface area contributed by atoms with Gasteiger partial charge in [0.25, 0.3) is 6.47 Å². The van der Waals surface area contributed by atoms with Crippen LogP contribution in [0.2, 0.25) is 0 Å². The molecule has 1 fully saturated rings. The number of anilines is 3. The molecule has 0 bridgehead atoms. The van der Waals surface area contributed by atoms with Crippen molar-refractivity contribution < 1.29 is 19.1 Å². The number of urea groups is 1. The number of rotatable bonds is 3. The zero-order chi connectivity index (χ0) is 25.1. The number of aryl methyl sites for hydroxylation is 1. The molecule has 3 aromatic rings. The standard InChI is InChI=1S/C23H28FN7O.CH2O2/c1-14(2)18-12-29(9-7-25-18)20-4-6-26-22-16(20)5-8-31(22)23(32)28-19-13-30-11-15(3)27-21(30)10-17(19)24;2-1-3/h4,6,10-11,13-14,18,25H,5,7-9,12H2,1-3H3,(H,28,32);1H,(H,2,3)/t18-;/m0./s1. The number of carboxylic acid groups (broad SMARTS) is 1. The molecule has 1 saturated heterocycles. The second-order valence-electron chi connectivity index (χ2n) is 9.00. The van der Waals surface area contributed by atoms with Gasteiger partial charge in [-0.25, -0.2) is 19.2 Å². The van der Waals surface area contributed by atoms with Crippen LogP contribution in [0.5, 0.6) is 0 Å². The predicted octanol–water partition coefficient (Wildman–Crippen LogP) is 2.91. The van der Waals surface area contributed by atoms with E-state index in [2.05, 4.69) is 39.3 Å². The second-order valence-corrected chi connectivity index (χ2v) is 9.00. The van der Waals surface area contributed by atoms with E-state index >= 15 is 0 Å². The average Bonchev–Trinajstić information content (AvgIpc) is 3.42. The maximum absolute atomic E-state index is 14.6. The summed E-state index contributed by atoms with van der Waals surface area (Å²) in [6.45, 7) is 9.34. The number of nitrogens with zero attached hydrogens (tertiary/aromatic N) is 5. The molecule has 10 nitrogen and oxygen atoms in total. The fourth-order valence-corrected chi connectivity index (χ4v) is 4.62. The average molecular weight is 484 g/mol. The van der Waals surface area contributed by atoms with Gasteiger partial charge in [0.05, 0.1) is 11.4 Å². The fraction of sp³-hybridized carbons (Fsp3) is 0.417. The van der Waals surface area contributed by atoms with Gasteiger partial charge in [-0.2, -0.15) is 0 Å². The number of hydrogen-bond donors (Lipinski definition) is 3. The number of pyridine rings is 2.